The van der Waals surface area contributed by atoms with E-state index in [4.69, 9.17) is 4.74 Å². The molecule has 1 aliphatic heterocycles. The summed E-state index contributed by atoms with van der Waals surface area (Å²) in [7, 11) is -2.34. The molecule has 4 atom stereocenters. The van der Waals surface area contributed by atoms with Gasteiger partial charge in [0.2, 0.25) is 21.9 Å². The number of sulfonamides is 1. The van der Waals surface area contributed by atoms with Crippen LogP contribution in [0.2, 0.25) is 0 Å². The summed E-state index contributed by atoms with van der Waals surface area (Å²) in [6, 6.07) is 0.944. The number of piperidine rings is 1. The van der Waals surface area contributed by atoms with Crippen LogP contribution in [0.25, 0.3) is 0 Å². The highest BCUT2D eigenvalue weighted by molar-refractivity contribution is 7.89. The number of aromatic nitrogens is 4. The maximum atomic E-state index is 15.0. The Bertz CT molecular complexity index is 1250. The van der Waals surface area contributed by atoms with Crippen LogP contribution in [0.4, 0.5) is 19.1 Å². The van der Waals surface area contributed by atoms with Crippen LogP contribution in [0.15, 0.2) is 23.5 Å². The maximum absolute atomic E-state index is 15.0. The molecule has 2 N–H and O–H groups in total. The molecule has 0 spiro atoms. The van der Waals surface area contributed by atoms with Crippen LogP contribution in [-0.4, -0.2) is 80.5 Å². The standard InChI is InChI=1S/C20H24F3N7O4S/c1-19(31)11-20(22,23)5-16(19)34-17-12(6-24)7-25-18(28-17)27-15-3-4-30(10-14(15)21)35(32,33)13-8-26-29(2)9-13/h7-9,14-16,31H,3-5,10-11H2,1-2H3,(H,25,27,28)/t14-,15-,16+,19-/m1/s1. The summed E-state index contributed by atoms with van der Waals surface area (Å²) in [6.07, 6.45) is -0.783. The van der Waals surface area contributed by atoms with E-state index in [1.165, 1.54) is 24.0 Å². The minimum absolute atomic E-state index is 0.0228. The molecule has 15 heteroatoms. The van der Waals surface area contributed by atoms with Crippen LogP contribution in [0.3, 0.4) is 0 Å². The summed E-state index contributed by atoms with van der Waals surface area (Å²) in [5, 5.41) is 26.2. The zero-order valence-corrected chi connectivity index (χ0v) is 19.7. The Morgan fingerprint density at radius 3 is 2.69 bits per heavy atom. The van der Waals surface area contributed by atoms with Gasteiger partial charge in [-0.2, -0.15) is 19.6 Å². The first kappa shape index (κ1) is 25.1. The molecule has 2 aliphatic rings. The molecule has 1 saturated carbocycles. The Balaban J connectivity index is 1.46. The molecular formula is C20H24F3N7O4S. The minimum atomic E-state index is -3.91. The predicted octanol–water partition coefficient (Wildman–Crippen LogP) is 1.22. The first-order valence-electron chi connectivity index (χ1n) is 10.7. The summed E-state index contributed by atoms with van der Waals surface area (Å²) in [5.74, 6) is -3.58. The number of anilines is 1. The molecule has 2 fully saturated rings. The molecular weight excluding hydrogens is 491 g/mol. The molecule has 2 aromatic heterocycles. The normalized spacial score (nSPS) is 29.0. The summed E-state index contributed by atoms with van der Waals surface area (Å²) in [4.78, 5) is 7.95. The molecule has 0 radical (unpaired) electrons. The molecule has 0 unspecified atom stereocenters. The van der Waals surface area contributed by atoms with Gasteiger partial charge < -0.3 is 15.2 Å². The van der Waals surface area contributed by atoms with Crippen LogP contribution < -0.4 is 10.1 Å². The van der Waals surface area contributed by atoms with Crippen LogP contribution in [-0.2, 0) is 17.1 Å². The van der Waals surface area contributed by atoms with E-state index in [0.717, 1.165) is 10.5 Å². The first-order valence-corrected chi connectivity index (χ1v) is 12.2. The number of halogens is 3. The summed E-state index contributed by atoms with van der Waals surface area (Å²) >= 11 is 0. The van der Waals surface area contributed by atoms with Crippen molar-refractivity contribution in [3.05, 3.63) is 24.2 Å². The number of aryl methyl sites for hydroxylation is 1. The molecule has 1 saturated heterocycles. The van der Waals surface area contributed by atoms with Gasteiger partial charge in [0.1, 0.15) is 34.4 Å². The van der Waals surface area contributed by atoms with E-state index in [1.807, 2.05) is 0 Å². The van der Waals surface area contributed by atoms with Crippen LogP contribution in [0, 0.1) is 11.3 Å². The van der Waals surface area contributed by atoms with E-state index in [9.17, 15) is 32.0 Å². The van der Waals surface area contributed by atoms with Gasteiger partial charge in [-0.1, -0.05) is 0 Å². The molecule has 4 rings (SSSR count). The lowest BCUT2D eigenvalue weighted by atomic mass is 10.0. The Labute approximate surface area is 199 Å². The zero-order chi connectivity index (χ0) is 25.6. The number of nitrogens with zero attached hydrogens (tertiary/aromatic N) is 6. The van der Waals surface area contributed by atoms with Crippen molar-refractivity contribution in [2.45, 2.75) is 60.9 Å². The summed E-state index contributed by atoms with van der Waals surface area (Å²) in [5.41, 5.74) is -1.98. The third-order valence-corrected chi connectivity index (χ3v) is 7.88. The van der Waals surface area contributed by atoms with Crippen molar-refractivity contribution in [2.24, 2.45) is 7.05 Å². The fourth-order valence-electron chi connectivity index (χ4n) is 4.21. The molecule has 0 amide bonds. The number of rotatable bonds is 6. The predicted molar refractivity (Wildman–Crippen MR) is 115 cm³/mol. The highest BCUT2D eigenvalue weighted by atomic mass is 32.2. The van der Waals surface area contributed by atoms with Gasteiger partial charge in [0, 0.05) is 32.8 Å². The van der Waals surface area contributed by atoms with Gasteiger partial charge in [0.15, 0.2) is 0 Å². The van der Waals surface area contributed by atoms with E-state index in [0.29, 0.717) is 0 Å². The van der Waals surface area contributed by atoms with E-state index in [1.54, 1.807) is 13.1 Å². The summed E-state index contributed by atoms with van der Waals surface area (Å²) < 4.78 is 75.8. The third kappa shape index (κ3) is 5.19. The number of aliphatic hydroxyl groups is 1. The van der Waals surface area contributed by atoms with E-state index < -0.39 is 59.3 Å². The van der Waals surface area contributed by atoms with Crippen LogP contribution >= 0.6 is 0 Å². The second-order valence-electron chi connectivity index (χ2n) is 8.99. The molecule has 11 nitrogen and oxygen atoms in total. The lowest BCUT2D eigenvalue weighted by Gasteiger charge is -2.34. The van der Waals surface area contributed by atoms with Crippen LogP contribution in [0.1, 0.15) is 31.7 Å². The second-order valence-corrected chi connectivity index (χ2v) is 10.9. The van der Waals surface area contributed by atoms with Gasteiger partial charge >= 0.3 is 0 Å². The number of hydrogen-bond acceptors (Lipinski definition) is 9. The quantitative estimate of drug-likeness (QED) is 0.580. The van der Waals surface area contributed by atoms with Crippen molar-refractivity contribution >= 4 is 16.0 Å². The lowest BCUT2D eigenvalue weighted by molar-refractivity contribution is -0.0406. The zero-order valence-electron chi connectivity index (χ0n) is 18.9. The second kappa shape index (κ2) is 8.92. The van der Waals surface area contributed by atoms with Crippen molar-refractivity contribution in [3.63, 3.8) is 0 Å². The van der Waals surface area contributed by atoms with Gasteiger partial charge in [-0.05, 0) is 13.3 Å². The average molecular weight is 516 g/mol. The molecule has 1 aliphatic carbocycles. The minimum Gasteiger partial charge on any atom is -0.470 e. The van der Waals surface area contributed by atoms with Gasteiger partial charge in [-0.3, -0.25) is 4.68 Å². The lowest BCUT2D eigenvalue weighted by Crippen LogP contribution is -2.50. The van der Waals surface area contributed by atoms with Gasteiger partial charge in [-0.15, -0.1) is 0 Å². The fraction of sp³-hybridized carbons (Fsp3) is 0.600. The maximum Gasteiger partial charge on any atom is 0.254 e. The fourth-order valence-corrected chi connectivity index (χ4v) is 5.66. The number of hydrogen-bond donors (Lipinski definition) is 2. The van der Waals surface area contributed by atoms with E-state index >= 15 is 0 Å². The molecule has 190 valence electrons. The van der Waals surface area contributed by atoms with Crippen molar-refractivity contribution in [1.82, 2.24) is 24.1 Å². The van der Waals surface area contributed by atoms with Gasteiger partial charge in [0.25, 0.3) is 5.92 Å². The van der Waals surface area contributed by atoms with Crippen molar-refractivity contribution < 1.29 is 31.4 Å². The Morgan fingerprint density at radius 2 is 2.11 bits per heavy atom. The third-order valence-electron chi connectivity index (χ3n) is 6.06. The van der Waals surface area contributed by atoms with Crippen LogP contribution in [0.5, 0.6) is 5.88 Å². The smallest absolute Gasteiger partial charge is 0.254 e. The number of nitriles is 1. The number of nitrogens with one attached hydrogen (secondary N) is 1. The van der Waals surface area contributed by atoms with Crippen molar-refractivity contribution in [3.8, 4) is 11.9 Å². The average Bonchev–Trinajstić information content (AvgIpc) is 3.29. The number of ether oxygens (including phenoxy) is 1. The van der Waals surface area contributed by atoms with Gasteiger partial charge in [-0.25, -0.2) is 26.6 Å². The molecule has 3 heterocycles. The molecule has 2 aromatic rings. The summed E-state index contributed by atoms with van der Waals surface area (Å²) in [6.45, 7) is 0.829. The Morgan fingerprint density at radius 1 is 1.37 bits per heavy atom. The number of alkyl halides is 3. The Kier molecular flexibility index (Phi) is 6.41. The molecule has 0 bridgehead atoms. The largest absolute Gasteiger partial charge is 0.470 e. The monoisotopic (exact) mass is 515 g/mol. The topological polar surface area (TPSA) is 146 Å². The Hall–Kier alpha value is -2.96. The molecule has 35 heavy (non-hydrogen) atoms. The van der Waals surface area contributed by atoms with E-state index in [2.05, 4.69) is 20.4 Å². The van der Waals surface area contributed by atoms with Crippen molar-refractivity contribution in [2.75, 3.05) is 18.4 Å². The van der Waals surface area contributed by atoms with Gasteiger partial charge in [0.05, 0.1) is 24.9 Å². The highest BCUT2D eigenvalue weighted by Crippen LogP contribution is 2.43. The SMILES string of the molecule is Cn1cc(S(=O)(=O)N2CC[C@@H](Nc3ncc(C#N)c(O[C@H]4CC(F)(F)C[C@@]4(C)O)n3)[C@H](F)C2)cn1. The molecule has 0 aromatic carbocycles. The first-order chi connectivity index (χ1) is 16.3. The van der Waals surface area contributed by atoms with E-state index in [-0.39, 0.29) is 35.3 Å². The highest BCUT2D eigenvalue weighted by Gasteiger charge is 2.54. The van der Waals surface area contributed by atoms with Crippen molar-refractivity contribution in [1.29, 1.82) is 5.26 Å².